The van der Waals surface area contributed by atoms with E-state index in [4.69, 9.17) is 4.74 Å². The first-order chi connectivity index (χ1) is 12.5. The molecule has 1 fully saturated rings. The lowest BCUT2D eigenvalue weighted by molar-refractivity contribution is 0.216. The molecule has 7 nitrogen and oxygen atoms in total. The standard InChI is InChI=1S/C18H21N3O4S/c22-18(21-10-13-26(23,24)14-11-21)20-16-6-1-2-7-17(16)25-12-8-15-5-3-4-9-19-15/h1-7,9H,8,10-14H2,(H,20,22). The summed E-state index contributed by atoms with van der Waals surface area (Å²) in [4.78, 5) is 18.1. The summed E-state index contributed by atoms with van der Waals surface area (Å²) in [6, 6.07) is 12.6. The monoisotopic (exact) mass is 375 g/mol. The zero-order valence-electron chi connectivity index (χ0n) is 14.3. The number of benzene rings is 1. The van der Waals surface area contributed by atoms with Gasteiger partial charge in [-0.2, -0.15) is 0 Å². The third-order valence-electron chi connectivity index (χ3n) is 4.10. The second kappa shape index (κ2) is 8.18. The minimum absolute atomic E-state index is 0.00262. The van der Waals surface area contributed by atoms with Gasteiger partial charge < -0.3 is 15.0 Å². The molecule has 8 heteroatoms. The SMILES string of the molecule is O=C(Nc1ccccc1OCCc1ccccn1)N1CCS(=O)(=O)CC1. The molecule has 138 valence electrons. The molecule has 0 spiro atoms. The van der Waals surface area contributed by atoms with Crippen LogP contribution in [-0.2, 0) is 16.3 Å². The molecule has 1 aliphatic rings. The largest absolute Gasteiger partial charge is 0.491 e. The highest BCUT2D eigenvalue weighted by Crippen LogP contribution is 2.24. The number of anilines is 1. The molecule has 1 aliphatic heterocycles. The van der Waals surface area contributed by atoms with Crippen molar-refractivity contribution in [2.45, 2.75) is 6.42 Å². The van der Waals surface area contributed by atoms with E-state index in [9.17, 15) is 13.2 Å². The summed E-state index contributed by atoms with van der Waals surface area (Å²) in [5, 5.41) is 2.81. The predicted molar refractivity (Wildman–Crippen MR) is 99.1 cm³/mol. The van der Waals surface area contributed by atoms with E-state index in [2.05, 4.69) is 10.3 Å². The van der Waals surface area contributed by atoms with E-state index in [1.54, 1.807) is 18.3 Å². The maximum atomic E-state index is 12.4. The number of pyridine rings is 1. The highest BCUT2D eigenvalue weighted by atomic mass is 32.2. The van der Waals surface area contributed by atoms with Crippen LogP contribution in [0.2, 0.25) is 0 Å². The molecule has 2 aromatic rings. The molecule has 0 radical (unpaired) electrons. The highest BCUT2D eigenvalue weighted by Gasteiger charge is 2.25. The van der Waals surface area contributed by atoms with E-state index in [1.807, 2.05) is 30.3 Å². The average molecular weight is 375 g/mol. The summed E-state index contributed by atoms with van der Waals surface area (Å²) < 4.78 is 28.8. The molecule has 1 saturated heterocycles. The number of amides is 2. The predicted octanol–water partition coefficient (Wildman–Crippen LogP) is 1.97. The third kappa shape index (κ3) is 4.95. The van der Waals surface area contributed by atoms with Crippen LogP contribution in [-0.4, -0.2) is 55.5 Å². The topological polar surface area (TPSA) is 88.6 Å². The summed E-state index contributed by atoms with van der Waals surface area (Å²) in [6.07, 6.45) is 2.40. The van der Waals surface area contributed by atoms with Crippen molar-refractivity contribution in [1.29, 1.82) is 0 Å². The van der Waals surface area contributed by atoms with Crippen molar-refractivity contribution in [3.63, 3.8) is 0 Å². The second-order valence-electron chi connectivity index (χ2n) is 5.98. The smallest absolute Gasteiger partial charge is 0.322 e. The van der Waals surface area contributed by atoms with Crippen LogP contribution in [0.1, 0.15) is 5.69 Å². The van der Waals surface area contributed by atoms with E-state index in [-0.39, 0.29) is 30.6 Å². The van der Waals surface area contributed by atoms with Crippen LogP contribution >= 0.6 is 0 Å². The summed E-state index contributed by atoms with van der Waals surface area (Å²) in [5.74, 6) is 0.576. The van der Waals surface area contributed by atoms with Crippen molar-refractivity contribution in [3.8, 4) is 5.75 Å². The van der Waals surface area contributed by atoms with Crippen molar-refractivity contribution in [1.82, 2.24) is 9.88 Å². The Hall–Kier alpha value is -2.61. The zero-order valence-corrected chi connectivity index (χ0v) is 15.1. The lowest BCUT2D eigenvalue weighted by atomic mass is 10.2. The Kier molecular flexibility index (Phi) is 5.72. The number of carbonyl (C=O) groups is 1. The van der Waals surface area contributed by atoms with Crippen LogP contribution in [0.25, 0.3) is 0 Å². The van der Waals surface area contributed by atoms with Gasteiger partial charge in [0.15, 0.2) is 9.84 Å². The van der Waals surface area contributed by atoms with Crippen molar-refractivity contribution < 1.29 is 17.9 Å². The van der Waals surface area contributed by atoms with Gasteiger partial charge in [0, 0.05) is 31.4 Å². The normalized spacial score (nSPS) is 16.1. The zero-order chi connectivity index (χ0) is 18.4. The number of hydrogen-bond acceptors (Lipinski definition) is 5. The molecule has 0 bridgehead atoms. The molecule has 0 atom stereocenters. The van der Waals surface area contributed by atoms with Crippen LogP contribution in [0.4, 0.5) is 10.5 Å². The summed E-state index contributed by atoms with van der Waals surface area (Å²) in [5.41, 5.74) is 1.50. The molecular formula is C18H21N3O4S. The van der Waals surface area contributed by atoms with Gasteiger partial charge in [-0.25, -0.2) is 13.2 Å². The maximum Gasteiger partial charge on any atom is 0.322 e. The van der Waals surface area contributed by atoms with Gasteiger partial charge in [-0.15, -0.1) is 0 Å². The van der Waals surface area contributed by atoms with E-state index in [1.165, 1.54) is 4.90 Å². The van der Waals surface area contributed by atoms with Crippen molar-refractivity contribution >= 4 is 21.6 Å². The summed E-state index contributed by atoms with van der Waals surface area (Å²) in [7, 11) is -3.02. The van der Waals surface area contributed by atoms with Gasteiger partial charge in [0.2, 0.25) is 0 Å². The van der Waals surface area contributed by atoms with Gasteiger partial charge in [0.05, 0.1) is 23.8 Å². The molecule has 0 aliphatic carbocycles. The lowest BCUT2D eigenvalue weighted by Crippen LogP contribution is -2.45. The Morgan fingerprint density at radius 1 is 1.12 bits per heavy atom. The van der Waals surface area contributed by atoms with Crippen LogP contribution in [0.3, 0.4) is 0 Å². The Bertz CT molecular complexity index is 842. The summed E-state index contributed by atoms with van der Waals surface area (Å²) in [6.45, 7) is 0.847. The Labute approximate surface area is 152 Å². The first-order valence-corrected chi connectivity index (χ1v) is 10.2. The number of nitrogens with zero attached hydrogens (tertiary/aromatic N) is 2. The maximum absolute atomic E-state index is 12.4. The number of sulfone groups is 1. The Morgan fingerprint density at radius 3 is 2.58 bits per heavy atom. The number of aromatic nitrogens is 1. The van der Waals surface area contributed by atoms with Crippen LogP contribution < -0.4 is 10.1 Å². The molecule has 1 aromatic carbocycles. The molecule has 26 heavy (non-hydrogen) atoms. The third-order valence-corrected chi connectivity index (χ3v) is 5.71. The van der Waals surface area contributed by atoms with E-state index < -0.39 is 9.84 Å². The quantitative estimate of drug-likeness (QED) is 0.863. The van der Waals surface area contributed by atoms with Gasteiger partial charge >= 0.3 is 6.03 Å². The number of carbonyl (C=O) groups excluding carboxylic acids is 1. The minimum atomic E-state index is -3.02. The van der Waals surface area contributed by atoms with Crippen LogP contribution in [0.15, 0.2) is 48.7 Å². The number of urea groups is 1. The fourth-order valence-corrected chi connectivity index (χ4v) is 3.82. The Morgan fingerprint density at radius 2 is 1.85 bits per heavy atom. The number of rotatable bonds is 5. The van der Waals surface area contributed by atoms with E-state index >= 15 is 0 Å². The van der Waals surface area contributed by atoms with Gasteiger partial charge in [0.25, 0.3) is 0 Å². The number of para-hydroxylation sites is 2. The van der Waals surface area contributed by atoms with Gasteiger partial charge in [0.1, 0.15) is 5.75 Å². The van der Waals surface area contributed by atoms with Crippen LogP contribution in [0.5, 0.6) is 5.75 Å². The van der Waals surface area contributed by atoms with Crippen molar-refractivity contribution in [2.24, 2.45) is 0 Å². The molecule has 1 aromatic heterocycles. The highest BCUT2D eigenvalue weighted by molar-refractivity contribution is 7.91. The average Bonchev–Trinajstić information content (AvgIpc) is 2.64. The molecule has 1 N–H and O–H groups in total. The van der Waals surface area contributed by atoms with Crippen LogP contribution in [0, 0.1) is 0 Å². The number of nitrogens with one attached hydrogen (secondary N) is 1. The first-order valence-electron chi connectivity index (χ1n) is 8.42. The fourth-order valence-electron chi connectivity index (χ4n) is 2.62. The minimum Gasteiger partial charge on any atom is -0.491 e. The molecule has 3 rings (SSSR count). The molecule has 2 amide bonds. The van der Waals surface area contributed by atoms with Gasteiger partial charge in [-0.3, -0.25) is 4.98 Å². The van der Waals surface area contributed by atoms with Crippen molar-refractivity contribution in [2.75, 3.05) is 36.5 Å². The first kappa shape index (κ1) is 18.2. The van der Waals surface area contributed by atoms with Gasteiger partial charge in [-0.1, -0.05) is 18.2 Å². The Balaban J connectivity index is 1.57. The lowest BCUT2D eigenvalue weighted by Gasteiger charge is -2.27. The summed E-state index contributed by atoms with van der Waals surface area (Å²) >= 11 is 0. The second-order valence-corrected chi connectivity index (χ2v) is 8.29. The number of ether oxygens (including phenoxy) is 1. The molecule has 0 unspecified atom stereocenters. The molecule has 2 heterocycles. The molecular weight excluding hydrogens is 354 g/mol. The van der Waals surface area contributed by atoms with E-state index in [0.717, 1.165) is 5.69 Å². The molecule has 0 saturated carbocycles. The number of hydrogen-bond donors (Lipinski definition) is 1. The van der Waals surface area contributed by atoms with Gasteiger partial charge in [-0.05, 0) is 24.3 Å². The fraction of sp³-hybridized carbons (Fsp3) is 0.333. The van der Waals surface area contributed by atoms with E-state index in [0.29, 0.717) is 24.5 Å². The van der Waals surface area contributed by atoms with Crippen molar-refractivity contribution in [3.05, 3.63) is 54.4 Å².